The van der Waals surface area contributed by atoms with Crippen LogP contribution < -0.4 is 10.2 Å². The summed E-state index contributed by atoms with van der Waals surface area (Å²) in [5.41, 5.74) is 4.04. The van der Waals surface area contributed by atoms with Gasteiger partial charge in [-0.05, 0) is 55.5 Å². The summed E-state index contributed by atoms with van der Waals surface area (Å²) in [6.07, 6.45) is 2.81. The second-order valence-electron chi connectivity index (χ2n) is 6.65. The number of anilines is 1. The van der Waals surface area contributed by atoms with Gasteiger partial charge in [0.05, 0.1) is 6.10 Å². The summed E-state index contributed by atoms with van der Waals surface area (Å²) in [5, 5.41) is 3.52. The molecule has 0 aliphatic carbocycles. The van der Waals surface area contributed by atoms with Crippen LogP contribution in [0.5, 0.6) is 0 Å². The monoisotopic (exact) mass is 290 g/mol. The predicted molar refractivity (Wildman–Crippen MR) is 90.0 cm³/mol. The molecule has 0 bridgehead atoms. The first-order chi connectivity index (χ1) is 10.1. The molecular weight excluding hydrogens is 260 g/mol. The number of ether oxygens (including phenoxy) is 1. The maximum atomic E-state index is 5.72. The van der Waals surface area contributed by atoms with Crippen molar-refractivity contribution in [3.05, 3.63) is 29.3 Å². The van der Waals surface area contributed by atoms with Crippen LogP contribution in [0.25, 0.3) is 0 Å². The number of aryl methyl sites for hydroxylation is 1. The van der Waals surface area contributed by atoms with Gasteiger partial charge in [0.1, 0.15) is 0 Å². The van der Waals surface area contributed by atoms with Crippen molar-refractivity contribution in [3.63, 3.8) is 0 Å². The zero-order valence-corrected chi connectivity index (χ0v) is 14.0. The molecule has 2 rings (SSSR count). The molecular formula is C18H30N2O. The van der Waals surface area contributed by atoms with Crippen LogP contribution in [-0.4, -0.2) is 32.8 Å². The number of nitrogens with zero attached hydrogens (tertiary/aromatic N) is 1. The van der Waals surface area contributed by atoms with Crippen LogP contribution in [0.2, 0.25) is 0 Å². The second kappa shape index (κ2) is 7.81. The summed E-state index contributed by atoms with van der Waals surface area (Å²) in [6.45, 7) is 10.6. The van der Waals surface area contributed by atoms with Gasteiger partial charge in [-0.3, -0.25) is 0 Å². The molecule has 1 aliphatic rings. The summed E-state index contributed by atoms with van der Waals surface area (Å²) in [6, 6.07) is 6.78. The minimum atomic E-state index is 0.405. The number of nitrogens with one attached hydrogen (secondary N) is 1. The fraction of sp³-hybridized carbons (Fsp3) is 0.667. The van der Waals surface area contributed by atoms with E-state index in [-0.39, 0.29) is 0 Å². The van der Waals surface area contributed by atoms with E-state index in [0.717, 1.165) is 26.2 Å². The Hall–Kier alpha value is -1.06. The quantitative estimate of drug-likeness (QED) is 0.833. The molecule has 1 heterocycles. The second-order valence-corrected chi connectivity index (χ2v) is 6.65. The van der Waals surface area contributed by atoms with Crippen LogP contribution >= 0.6 is 0 Å². The number of hydrogen-bond acceptors (Lipinski definition) is 3. The lowest BCUT2D eigenvalue weighted by Crippen LogP contribution is -2.28. The highest BCUT2D eigenvalue weighted by atomic mass is 16.5. The Balaban J connectivity index is 1.90. The van der Waals surface area contributed by atoms with Gasteiger partial charge in [0.25, 0.3) is 0 Å². The Morgan fingerprint density at radius 3 is 2.81 bits per heavy atom. The third kappa shape index (κ3) is 5.01. The highest BCUT2D eigenvalue weighted by Crippen LogP contribution is 2.21. The maximum Gasteiger partial charge on any atom is 0.0750 e. The lowest BCUT2D eigenvalue weighted by atomic mass is 10.1. The van der Waals surface area contributed by atoms with Crippen molar-refractivity contribution < 1.29 is 4.74 Å². The molecule has 1 aromatic carbocycles. The van der Waals surface area contributed by atoms with Crippen molar-refractivity contribution in [3.8, 4) is 0 Å². The van der Waals surface area contributed by atoms with Gasteiger partial charge in [-0.15, -0.1) is 0 Å². The highest BCUT2D eigenvalue weighted by molar-refractivity contribution is 5.50. The number of hydrogen-bond donors (Lipinski definition) is 1. The van der Waals surface area contributed by atoms with E-state index >= 15 is 0 Å². The first-order valence-corrected chi connectivity index (χ1v) is 8.19. The minimum absolute atomic E-state index is 0.405. The third-order valence-corrected chi connectivity index (χ3v) is 4.14. The molecule has 1 saturated heterocycles. The summed E-state index contributed by atoms with van der Waals surface area (Å²) in [7, 11) is 2.16. The van der Waals surface area contributed by atoms with Crippen molar-refractivity contribution >= 4 is 5.69 Å². The van der Waals surface area contributed by atoms with E-state index in [1.807, 2.05) is 0 Å². The van der Waals surface area contributed by atoms with Crippen molar-refractivity contribution in [1.82, 2.24) is 5.32 Å². The van der Waals surface area contributed by atoms with Gasteiger partial charge in [-0.2, -0.15) is 0 Å². The van der Waals surface area contributed by atoms with Gasteiger partial charge in [0, 0.05) is 32.4 Å². The average Bonchev–Trinajstić information content (AvgIpc) is 2.93. The van der Waals surface area contributed by atoms with Crippen LogP contribution in [0.15, 0.2) is 18.2 Å². The first kappa shape index (κ1) is 16.3. The molecule has 1 unspecified atom stereocenters. The molecule has 0 spiro atoms. The Kier molecular flexibility index (Phi) is 6.07. The van der Waals surface area contributed by atoms with E-state index in [9.17, 15) is 0 Å². The zero-order valence-electron chi connectivity index (χ0n) is 14.0. The van der Waals surface area contributed by atoms with E-state index in [4.69, 9.17) is 4.74 Å². The van der Waals surface area contributed by atoms with E-state index < -0.39 is 0 Å². The van der Waals surface area contributed by atoms with E-state index in [0.29, 0.717) is 12.0 Å². The molecule has 1 aromatic rings. The lowest BCUT2D eigenvalue weighted by molar-refractivity contribution is 0.116. The third-order valence-electron chi connectivity index (χ3n) is 4.14. The number of likely N-dealkylation sites (N-methyl/N-ethyl adjacent to an activating group) is 1. The summed E-state index contributed by atoms with van der Waals surface area (Å²) in [5.74, 6) is 0.696. The number of benzene rings is 1. The normalized spacial score (nSPS) is 18.4. The van der Waals surface area contributed by atoms with Gasteiger partial charge in [0.15, 0.2) is 0 Å². The Bertz CT molecular complexity index is 439. The van der Waals surface area contributed by atoms with Crippen LogP contribution in [0, 0.1) is 12.8 Å². The largest absolute Gasteiger partial charge is 0.376 e. The van der Waals surface area contributed by atoms with Crippen LogP contribution in [-0.2, 0) is 11.3 Å². The van der Waals surface area contributed by atoms with Crippen LogP contribution in [0.1, 0.15) is 37.8 Å². The molecule has 1 fully saturated rings. The van der Waals surface area contributed by atoms with E-state index in [2.05, 4.69) is 56.2 Å². The Morgan fingerprint density at radius 1 is 1.38 bits per heavy atom. The Labute approximate surface area is 129 Å². The summed E-state index contributed by atoms with van der Waals surface area (Å²) < 4.78 is 5.72. The van der Waals surface area contributed by atoms with Crippen LogP contribution in [0.4, 0.5) is 5.69 Å². The SMILES string of the molecule is Cc1cc(N(C)CC2CCCO2)ccc1CNCC(C)C. The molecule has 118 valence electrons. The van der Waals surface area contributed by atoms with E-state index in [1.54, 1.807) is 0 Å². The average molecular weight is 290 g/mol. The molecule has 1 N–H and O–H groups in total. The predicted octanol–water partition coefficient (Wildman–Crippen LogP) is 3.36. The van der Waals surface area contributed by atoms with Crippen LogP contribution in [0.3, 0.4) is 0 Å². The van der Waals surface area contributed by atoms with E-state index in [1.165, 1.54) is 29.7 Å². The zero-order chi connectivity index (χ0) is 15.2. The van der Waals surface area contributed by atoms with Gasteiger partial charge < -0.3 is 15.0 Å². The van der Waals surface area contributed by atoms with Crippen molar-refractivity contribution in [2.45, 2.75) is 46.3 Å². The van der Waals surface area contributed by atoms with Gasteiger partial charge in [-0.25, -0.2) is 0 Å². The van der Waals surface area contributed by atoms with Gasteiger partial charge in [0.2, 0.25) is 0 Å². The van der Waals surface area contributed by atoms with Crippen molar-refractivity contribution in [2.24, 2.45) is 5.92 Å². The Morgan fingerprint density at radius 2 is 2.19 bits per heavy atom. The molecule has 21 heavy (non-hydrogen) atoms. The topological polar surface area (TPSA) is 24.5 Å². The molecule has 1 aliphatic heterocycles. The molecule has 0 aromatic heterocycles. The fourth-order valence-corrected chi connectivity index (χ4v) is 2.81. The van der Waals surface area contributed by atoms with Gasteiger partial charge in [-0.1, -0.05) is 19.9 Å². The number of rotatable bonds is 7. The minimum Gasteiger partial charge on any atom is -0.376 e. The first-order valence-electron chi connectivity index (χ1n) is 8.19. The fourth-order valence-electron chi connectivity index (χ4n) is 2.81. The highest BCUT2D eigenvalue weighted by Gasteiger charge is 2.17. The molecule has 3 nitrogen and oxygen atoms in total. The standard InChI is InChI=1S/C18H30N2O/c1-14(2)11-19-12-16-7-8-17(10-15(16)3)20(4)13-18-6-5-9-21-18/h7-8,10,14,18-19H,5-6,9,11-13H2,1-4H3. The summed E-state index contributed by atoms with van der Waals surface area (Å²) >= 11 is 0. The molecule has 0 radical (unpaired) electrons. The molecule has 0 saturated carbocycles. The molecule has 0 amide bonds. The van der Waals surface area contributed by atoms with Crippen molar-refractivity contribution in [1.29, 1.82) is 0 Å². The lowest BCUT2D eigenvalue weighted by Gasteiger charge is -2.23. The van der Waals surface area contributed by atoms with Crippen molar-refractivity contribution in [2.75, 3.05) is 31.6 Å². The maximum absolute atomic E-state index is 5.72. The smallest absolute Gasteiger partial charge is 0.0750 e. The van der Waals surface area contributed by atoms with Gasteiger partial charge >= 0.3 is 0 Å². The molecule has 1 atom stereocenters. The molecule has 3 heteroatoms. The summed E-state index contributed by atoms with van der Waals surface area (Å²) in [4.78, 5) is 2.31.